The molecule has 2 heterocycles. The van der Waals surface area contributed by atoms with Crippen molar-refractivity contribution in [2.45, 2.75) is 12.8 Å². The Hall–Kier alpha value is -0.770. The van der Waals surface area contributed by atoms with Crippen LogP contribution in [0.3, 0.4) is 0 Å². The Labute approximate surface area is 129 Å². The van der Waals surface area contributed by atoms with Gasteiger partial charge >= 0.3 is 0 Å². The summed E-state index contributed by atoms with van der Waals surface area (Å²) in [5.74, 6) is 1.57. The Morgan fingerprint density at radius 2 is 2.05 bits per heavy atom. The number of hydrogen-bond acceptors (Lipinski definition) is 2. The van der Waals surface area contributed by atoms with Gasteiger partial charge in [0.15, 0.2) is 0 Å². The molecule has 0 bridgehead atoms. The Morgan fingerprint density at radius 3 is 2.85 bits per heavy atom. The highest BCUT2D eigenvalue weighted by atomic mass is 35.5. The van der Waals surface area contributed by atoms with Gasteiger partial charge < -0.3 is 10.2 Å². The van der Waals surface area contributed by atoms with Crippen molar-refractivity contribution in [1.82, 2.24) is 10.2 Å². The van der Waals surface area contributed by atoms with Gasteiger partial charge in [-0.2, -0.15) is 0 Å². The van der Waals surface area contributed by atoms with E-state index in [-0.39, 0.29) is 5.91 Å². The van der Waals surface area contributed by atoms with Crippen molar-refractivity contribution in [3.63, 3.8) is 0 Å². The first-order chi connectivity index (χ1) is 9.63. The number of carbonyl (C=O) groups excluding carboxylic acids is 1. The van der Waals surface area contributed by atoms with E-state index >= 15 is 0 Å². The number of benzene rings is 1. The number of piperidine rings is 1. The van der Waals surface area contributed by atoms with Gasteiger partial charge in [0.25, 0.3) is 0 Å². The molecule has 1 aromatic carbocycles. The second-order valence-electron chi connectivity index (χ2n) is 5.73. The number of carbonyl (C=O) groups is 1. The number of likely N-dealkylation sites (tertiary alicyclic amines) is 1. The van der Waals surface area contributed by atoms with Gasteiger partial charge in [0.05, 0.1) is 16.5 Å². The topological polar surface area (TPSA) is 32.3 Å². The maximum absolute atomic E-state index is 12.4. The molecule has 5 heteroatoms. The smallest absolute Gasteiger partial charge is 0.227 e. The number of nitrogens with zero attached hydrogens (tertiary/aromatic N) is 1. The van der Waals surface area contributed by atoms with E-state index in [0.29, 0.717) is 22.4 Å². The summed E-state index contributed by atoms with van der Waals surface area (Å²) in [7, 11) is 0. The lowest BCUT2D eigenvalue weighted by Crippen LogP contribution is -2.44. The summed E-state index contributed by atoms with van der Waals surface area (Å²) in [6.45, 7) is 3.92. The molecular formula is C15H18Cl2N2O. The third-order valence-electron chi connectivity index (χ3n) is 4.40. The first-order valence-electron chi connectivity index (χ1n) is 7.06. The van der Waals surface area contributed by atoms with E-state index in [1.54, 1.807) is 12.1 Å². The van der Waals surface area contributed by atoms with Crippen LogP contribution in [0.4, 0.5) is 0 Å². The van der Waals surface area contributed by atoms with E-state index in [4.69, 9.17) is 23.2 Å². The van der Waals surface area contributed by atoms with Gasteiger partial charge in [-0.1, -0.05) is 29.3 Å². The van der Waals surface area contributed by atoms with Crippen LogP contribution >= 0.6 is 23.2 Å². The van der Waals surface area contributed by atoms with Gasteiger partial charge in [-0.15, -0.1) is 0 Å². The van der Waals surface area contributed by atoms with Gasteiger partial charge in [-0.05, 0) is 49.0 Å². The van der Waals surface area contributed by atoms with Crippen LogP contribution in [0.1, 0.15) is 12.0 Å². The maximum Gasteiger partial charge on any atom is 0.227 e. The number of fused-ring (bicyclic) bond motifs is 1. The molecule has 3 rings (SSSR count). The van der Waals surface area contributed by atoms with Gasteiger partial charge in [-0.3, -0.25) is 4.79 Å². The third kappa shape index (κ3) is 2.95. The normalized spacial score (nSPS) is 25.6. The summed E-state index contributed by atoms with van der Waals surface area (Å²) in [6, 6.07) is 5.40. The minimum absolute atomic E-state index is 0.189. The predicted octanol–water partition coefficient (Wildman–Crippen LogP) is 2.60. The van der Waals surface area contributed by atoms with E-state index in [2.05, 4.69) is 5.32 Å². The number of nitrogens with one attached hydrogen (secondary N) is 1. The van der Waals surface area contributed by atoms with Crippen LogP contribution in [0.25, 0.3) is 0 Å². The molecule has 0 aromatic heterocycles. The summed E-state index contributed by atoms with van der Waals surface area (Å²) >= 11 is 11.9. The average molecular weight is 313 g/mol. The second kappa shape index (κ2) is 5.92. The Kier molecular flexibility index (Phi) is 4.20. The number of amides is 1. The highest BCUT2D eigenvalue weighted by molar-refractivity contribution is 6.42. The standard InChI is InChI=1S/C15H18Cl2N2O/c16-13-2-1-10(5-14(13)17)6-15(20)19-4-3-11-7-18-8-12(11)9-19/h1-2,5,11-12,18H,3-4,6-9H2. The first kappa shape index (κ1) is 14.2. The first-order valence-corrected chi connectivity index (χ1v) is 7.81. The molecule has 2 saturated heterocycles. The van der Waals surface area contributed by atoms with Crippen LogP contribution < -0.4 is 5.32 Å². The molecule has 0 saturated carbocycles. The maximum atomic E-state index is 12.4. The third-order valence-corrected chi connectivity index (χ3v) is 5.14. The molecule has 1 aromatic rings. The van der Waals surface area contributed by atoms with Crippen molar-refractivity contribution in [2.75, 3.05) is 26.2 Å². The van der Waals surface area contributed by atoms with Crippen molar-refractivity contribution in [1.29, 1.82) is 0 Å². The zero-order chi connectivity index (χ0) is 14.1. The lowest BCUT2D eigenvalue weighted by atomic mass is 9.88. The van der Waals surface area contributed by atoms with E-state index < -0.39 is 0 Å². The van der Waals surface area contributed by atoms with Crippen LogP contribution in [0, 0.1) is 11.8 Å². The molecule has 2 aliphatic heterocycles. The molecule has 0 aliphatic carbocycles. The molecule has 108 valence electrons. The van der Waals surface area contributed by atoms with Gasteiger partial charge in [-0.25, -0.2) is 0 Å². The molecule has 0 spiro atoms. The van der Waals surface area contributed by atoms with Crippen LogP contribution in [-0.4, -0.2) is 37.0 Å². The molecule has 1 amide bonds. The molecule has 3 nitrogen and oxygen atoms in total. The monoisotopic (exact) mass is 312 g/mol. The molecule has 20 heavy (non-hydrogen) atoms. The SMILES string of the molecule is O=C(Cc1ccc(Cl)c(Cl)c1)N1CCC2CNCC2C1. The number of halogens is 2. The lowest BCUT2D eigenvalue weighted by molar-refractivity contribution is -0.132. The van der Waals surface area contributed by atoms with Crippen molar-refractivity contribution >= 4 is 29.1 Å². The Morgan fingerprint density at radius 1 is 1.25 bits per heavy atom. The van der Waals surface area contributed by atoms with Crippen LogP contribution in [-0.2, 0) is 11.2 Å². The summed E-state index contributed by atoms with van der Waals surface area (Å²) in [5, 5.41) is 4.46. The zero-order valence-corrected chi connectivity index (χ0v) is 12.8. The predicted molar refractivity (Wildman–Crippen MR) is 81.2 cm³/mol. The van der Waals surface area contributed by atoms with Crippen molar-refractivity contribution < 1.29 is 4.79 Å². The summed E-state index contributed by atoms with van der Waals surface area (Å²) in [4.78, 5) is 14.4. The van der Waals surface area contributed by atoms with Gasteiger partial charge in [0.2, 0.25) is 5.91 Å². The van der Waals surface area contributed by atoms with E-state index in [1.165, 1.54) is 0 Å². The van der Waals surface area contributed by atoms with E-state index in [1.807, 2.05) is 11.0 Å². The molecule has 2 atom stereocenters. The molecule has 2 fully saturated rings. The fraction of sp³-hybridized carbons (Fsp3) is 0.533. The van der Waals surface area contributed by atoms with Crippen LogP contribution in [0.2, 0.25) is 10.0 Å². The largest absolute Gasteiger partial charge is 0.342 e. The van der Waals surface area contributed by atoms with Crippen LogP contribution in [0.15, 0.2) is 18.2 Å². The van der Waals surface area contributed by atoms with Crippen LogP contribution in [0.5, 0.6) is 0 Å². The summed E-state index contributed by atoms with van der Waals surface area (Å²) in [6.07, 6.45) is 1.52. The molecule has 1 N–H and O–H groups in total. The van der Waals surface area contributed by atoms with Crippen molar-refractivity contribution in [2.24, 2.45) is 11.8 Å². The highest BCUT2D eigenvalue weighted by Gasteiger charge is 2.34. The fourth-order valence-corrected chi connectivity index (χ4v) is 3.52. The molecule has 2 unspecified atom stereocenters. The Balaban J connectivity index is 1.62. The minimum atomic E-state index is 0.189. The van der Waals surface area contributed by atoms with Gasteiger partial charge in [0.1, 0.15) is 0 Å². The molecule has 0 radical (unpaired) electrons. The van der Waals surface area contributed by atoms with Crippen molar-refractivity contribution in [3.8, 4) is 0 Å². The van der Waals surface area contributed by atoms with Crippen molar-refractivity contribution in [3.05, 3.63) is 33.8 Å². The van der Waals surface area contributed by atoms with Gasteiger partial charge in [0, 0.05) is 13.1 Å². The highest BCUT2D eigenvalue weighted by Crippen LogP contribution is 2.27. The minimum Gasteiger partial charge on any atom is -0.342 e. The molecule has 2 aliphatic rings. The Bertz CT molecular complexity index is 521. The zero-order valence-electron chi connectivity index (χ0n) is 11.2. The summed E-state index contributed by atoms with van der Waals surface area (Å²) < 4.78 is 0. The average Bonchev–Trinajstić information content (AvgIpc) is 2.90. The number of rotatable bonds is 2. The molecular weight excluding hydrogens is 295 g/mol. The summed E-state index contributed by atoms with van der Waals surface area (Å²) in [5.41, 5.74) is 0.927. The fourth-order valence-electron chi connectivity index (χ4n) is 3.20. The van der Waals surface area contributed by atoms with E-state index in [9.17, 15) is 4.79 Å². The second-order valence-corrected chi connectivity index (χ2v) is 6.55. The quantitative estimate of drug-likeness (QED) is 0.910. The number of hydrogen-bond donors (Lipinski definition) is 1. The van der Waals surface area contributed by atoms with E-state index in [0.717, 1.165) is 44.1 Å². The lowest BCUT2D eigenvalue weighted by Gasteiger charge is -2.34.